The van der Waals surface area contributed by atoms with Crippen LogP contribution in [0.25, 0.3) is 16.9 Å². The number of nitrogens with zero attached hydrogens (tertiary/aromatic N) is 6. The highest BCUT2D eigenvalue weighted by molar-refractivity contribution is 5.87. The Morgan fingerprint density at radius 3 is 2.93 bits per heavy atom. The largest absolute Gasteiger partial charge is 0.458 e. The molecule has 0 saturated heterocycles. The number of likely N-dealkylation sites (N-methyl/N-ethyl adjacent to an activating group) is 1. The van der Waals surface area contributed by atoms with Gasteiger partial charge in [-0.2, -0.15) is 10.1 Å². The first kappa shape index (κ1) is 17.3. The molecule has 8 heteroatoms. The first-order chi connectivity index (χ1) is 12.9. The van der Waals surface area contributed by atoms with E-state index in [9.17, 15) is 4.79 Å². The number of carbonyl (C=O) groups is 1. The van der Waals surface area contributed by atoms with Crippen molar-refractivity contribution in [2.24, 2.45) is 7.05 Å². The molecule has 1 aliphatic rings. The Kier molecular flexibility index (Phi) is 3.98. The summed E-state index contributed by atoms with van der Waals surface area (Å²) in [4.78, 5) is 22.6. The number of rotatable bonds is 5. The molecular weight excluding hydrogens is 344 g/mol. The van der Waals surface area contributed by atoms with Gasteiger partial charge in [0.2, 0.25) is 5.91 Å². The van der Waals surface area contributed by atoms with Gasteiger partial charge in [-0.1, -0.05) is 6.58 Å². The van der Waals surface area contributed by atoms with E-state index >= 15 is 0 Å². The number of carbonyl (C=O) groups excluding carboxylic acids is 1. The Bertz CT molecular complexity index is 1010. The second-order valence-electron chi connectivity index (χ2n) is 7.25. The van der Waals surface area contributed by atoms with Crippen molar-refractivity contribution in [2.75, 3.05) is 7.05 Å². The van der Waals surface area contributed by atoms with Gasteiger partial charge in [0.25, 0.3) is 0 Å². The lowest BCUT2D eigenvalue weighted by Gasteiger charge is -2.47. The summed E-state index contributed by atoms with van der Waals surface area (Å²) in [6, 6.07) is 2.54. The Hall–Kier alpha value is -3.16. The minimum atomic E-state index is -0.391. The second-order valence-corrected chi connectivity index (χ2v) is 7.25. The summed E-state index contributed by atoms with van der Waals surface area (Å²) in [6.45, 7) is 5.58. The number of aromatic nitrogens is 5. The van der Waals surface area contributed by atoms with Crippen LogP contribution in [0.2, 0.25) is 0 Å². The molecule has 8 nitrogen and oxygen atoms in total. The highest BCUT2D eigenvalue weighted by Gasteiger charge is 2.46. The summed E-state index contributed by atoms with van der Waals surface area (Å²) in [6.07, 6.45) is 10.0. The quantitative estimate of drug-likeness (QED) is 0.646. The third kappa shape index (κ3) is 3.07. The van der Waals surface area contributed by atoms with Gasteiger partial charge in [-0.25, -0.2) is 4.98 Å². The zero-order valence-electron chi connectivity index (χ0n) is 15.7. The van der Waals surface area contributed by atoms with Crippen molar-refractivity contribution in [3.63, 3.8) is 0 Å². The van der Waals surface area contributed by atoms with Gasteiger partial charge >= 0.3 is 6.01 Å². The molecule has 0 atom stereocenters. The number of imidazole rings is 1. The standard InChI is InChI=1S/C19H22N6O2/c1-5-17(26)24(4)14-9-19(2,10-14)27-18-22-15(13-11-21-23(3)12-13)8-16-20-6-7-25(16)18/h5-8,11-12,14H,1,9-10H2,2-4H3/t14-,19+. The van der Waals surface area contributed by atoms with E-state index in [2.05, 4.69) is 16.7 Å². The lowest BCUT2D eigenvalue weighted by Crippen LogP contribution is -2.56. The van der Waals surface area contributed by atoms with E-state index < -0.39 is 5.60 Å². The Morgan fingerprint density at radius 2 is 2.26 bits per heavy atom. The molecule has 0 N–H and O–H groups in total. The molecule has 1 fully saturated rings. The average molecular weight is 366 g/mol. The first-order valence-corrected chi connectivity index (χ1v) is 8.80. The minimum absolute atomic E-state index is 0.0734. The number of ether oxygens (including phenoxy) is 1. The average Bonchev–Trinajstić information content (AvgIpc) is 3.26. The summed E-state index contributed by atoms with van der Waals surface area (Å²) in [7, 11) is 3.66. The fourth-order valence-corrected chi connectivity index (χ4v) is 3.51. The van der Waals surface area contributed by atoms with Crippen LogP contribution in [0, 0.1) is 0 Å². The lowest BCUT2D eigenvalue weighted by molar-refractivity contribution is -0.134. The van der Waals surface area contributed by atoms with E-state index in [0.717, 1.165) is 29.7 Å². The zero-order valence-corrected chi connectivity index (χ0v) is 15.7. The molecule has 0 spiro atoms. The van der Waals surface area contributed by atoms with Crippen LogP contribution in [0.5, 0.6) is 6.01 Å². The van der Waals surface area contributed by atoms with Crippen LogP contribution in [0.4, 0.5) is 0 Å². The topological polar surface area (TPSA) is 77.6 Å². The van der Waals surface area contributed by atoms with Crippen LogP contribution >= 0.6 is 0 Å². The van der Waals surface area contributed by atoms with Gasteiger partial charge in [0.1, 0.15) is 11.2 Å². The smallest absolute Gasteiger partial charge is 0.303 e. The predicted octanol–water partition coefficient (Wildman–Crippen LogP) is 2.07. The molecule has 1 amide bonds. The summed E-state index contributed by atoms with van der Waals surface area (Å²) in [5.74, 6) is -0.0734. The fourth-order valence-electron chi connectivity index (χ4n) is 3.51. The molecular formula is C19H22N6O2. The molecule has 0 unspecified atom stereocenters. The van der Waals surface area contributed by atoms with Gasteiger partial charge in [-0.05, 0) is 13.0 Å². The lowest BCUT2D eigenvalue weighted by atomic mass is 9.76. The Labute approximate surface area is 157 Å². The van der Waals surface area contributed by atoms with Crippen molar-refractivity contribution in [3.8, 4) is 17.3 Å². The van der Waals surface area contributed by atoms with Crippen molar-refractivity contribution in [2.45, 2.75) is 31.4 Å². The van der Waals surface area contributed by atoms with Crippen LogP contribution < -0.4 is 4.74 Å². The van der Waals surface area contributed by atoms with Crippen molar-refractivity contribution < 1.29 is 9.53 Å². The normalized spacial score (nSPS) is 21.7. The highest BCUT2D eigenvalue weighted by atomic mass is 16.5. The molecule has 0 aliphatic heterocycles. The molecule has 0 bridgehead atoms. The Balaban J connectivity index is 1.60. The zero-order chi connectivity index (χ0) is 19.2. The first-order valence-electron chi connectivity index (χ1n) is 8.80. The van der Waals surface area contributed by atoms with Crippen LogP contribution in [0.3, 0.4) is 0 Å². The van der Waals surface area contributed by atoms with Gasteiger partial charge in [0, 0.05) is 63.2 Å². The van der Waals surface area contributed by atoms with Gasteiger partial charge in [0.05, 0.1) is 11.9 Å². The summed E-state index contributed by atoms with van der Waals surface area (Å²) in [5.41, 5.74) is 2.03. The molecule has 0 radical (unpaired) electrons. The number of hydrogen-bond acceptors (Lipinski definition) is 5. The maximum atomic E-state index is 11.8. The summed E-state index contributed by atoms with van der Waals surface area (Å²) < 4.78 is 9.86. The molecule has 3 aromatic heterocycles. The van der Waals surface area contributed by atoms with E-state index in [1.807, 2.05) is 36.8 Å². The minimum Gasteiger partial charge on any atom is -0.458 e. The fraction of sp³-hybridized carbons (Fsp3) is 0.368. The van der Waals surface area contributed by atoms with E-state index in [1.54, 1.807) is 29.0 Å². The molecule has 0 aromatic carbocycles. The molecule has 4 rings (SSSR count). The molecule has 140 valence electrons. The van der Waals surface area contributed by atoms with Crippen LogP contribution in [-0.2, 0) is 11.8 Å². The van der Waals surface area contributed by atoms with Gasteiger partial charge in [-0.15, -0.1) is 0 Å². The third-order valence-corrected chi connectivity index (χ3v) is 5.10. The molecule has 3 aromatic rings. The van der Waals surface area contributed by atoms with E-state index in [-0.39, 0.29) is 11.9 Å². The second kappa shape index (κ2) is 6.22. The van der Waals surface area contributed by atoms with E-state index in [4.69, 9.17) is 9.72 Å². The number of fused-ring (bicyclic) bond motifs is 1. The maximum Gasteiger partial charge on any atom is 0.303 e. The van der Waals surface area contributed by atoms with Crippen molar-refractivity contribution in [3.05, 3.63) is 43.5 Å². The van der Waals surface area contributed by atoms with Crippen LogP contribution in [-0.4, -0.2) is 53.6 Å². The summed E-state index contributed by atoms with van der Waals surface area (Å²) >= 11 is 0. The van der Waals surface area contributed by atoms with Crippen LogP contribution in [0.1, 0.15) is 19.8 Å². The maximum absolute atomic E-state index is 11.8. The molecule has 27 heavy (non-hydrogen) atoms. The van der Waals surface area contributed by atoms with Gasteiger partial charge in [-0.3, -0.25) is 13.9 Å². The number of aryl methyl sites for hydroxylation is 1. The third-order valence-electron chi connectivity index (χ3n) is 5.10. The number of hydrogen-bond donors (Lipinski definition) is 0. The Morgan fingerprint density at radius 1 is 1.48 bits per heavy atom. The van der Waals surface area contributed by atoms with Gasteiger partial charge < -0.3 is 9.64 Å². The van der Waals surface area contributed by atoms with Crippen LogP contribution in [0.15, 0.2) is 43.5 Å². The molecule has 1 saturated carbocycles. The molecule has 3 heterocycles. The van der Waals surface area contributed by atoms with Crippen molar-refractivity contribution in [1.82, 2.24) is 29.0 Å². The van der Waals surface area contributed by atoms with Crippen molar-refractivity contribution in [1.29, 1.82) is 0 Å². The SMILES string of the molecule is C=CC(=O)N(C)[C@H]1C[C@@](C)(Oc2nc(-c3cnn(C)c3)cc3nccn23)C1. The number of amides is 1. The summed E-state index contributed by atoms with van der Waals surface area (Å²) in [5, 5.41) is 4.21. The van der Waals surface area contributed by atoms with E-state index in [0.29, 0.717) is 6.01 Å². The van der Waals surface area contributed by atoms with Crippen molar-refractivity contribution >= 4 is 11.6 Å². The van der Waals surface area contributed by atoms with E-state index in [1.165, 1.54) is 6.08 Å². The van der Waals surface area contributed by atoms with Gasteiger partial charge in [0.15, 0.2) is 0 Å². The highest BCUT2D eigenvalue weighted by Crippen LogP contribution is 2.39. The molecule has 1 aliphatic carbocycles. The predicted molar refractivity (Wildman–Crippen MR) is 100 cm³/mol. The monoisotopic (exact) mass is 366 g/mol.